The van der Waals surface area contributed by atoms with Gasteiger partial charge in [-0.2, -0.15) is 4.98 Å². The molecule has 9 heteroatoms. The van der Waals surface area contributed by atoms with E-state index < -0.39 is 5.91 Å². The summed E-state index contributed by atoms with van der Waals surface area (Å²) in [5, 5.41) is 6.95. The number of carbonyl (C=O) groups excluding carboxylic acids is 2. The second kappa shape index (κ2) is 5.14. The molecular formula is C10H11N5O3S. The van der Waals surface area contributed by atoms with Gasteiger partial charge in [-0.05, 0) is 13.8 Å². The Morgan fingerprint density at radius 3 is 2.63 bits per heavy atom. The average Bonchev–Trinajstić information content (AvgIpc) is 2.93. The van der Waals surface area contributed by atoms with Crippen LogP contribution < -0.4 is 11.1 Å². The molecule has 0 atom stereocenters. The molecule has 8 nitrogen and oxygen atoms in total. The summed E-state index contributed by atoms with van der Waals surface area (Å²) < 4.78 is 4.60. The van der Waals surface area contributed by atoms with E-state index >= 15 is 0 Å². The topological polar surface area (TPSA) is 124 Å². The smallest absolute Gasteiger partial charge is 0.315 e. The van der Waals surface area contributed by atoms with E-state index in [-0.39, 0.29) is 24.2 Å². The number of nitrogens with two attached hydrogens (primary N) is 1. The van der Waals surface area contributed by atoms with Crippen LogP contribution in [0.2, 0.25) is 0 Å². The normalized spacial score (nSPS) is 10.4. The quantitative estimate of drug-likeness (QED) is 0.823. The maximum atomic E-state index is 11.9. The van der Waals surface area contributed by atoms with Crippen molar-refractivity contribution in [3.63, 3.8) is 0 Å². The van der Waals surface area contributed by atoms with Gasteiger partial charge in [0, 0.05) is 0 Å². The van der Waals surface area contributed by atoms with E-state index in [4.69, 9.17) is 5.73 Å². The lowest BCUT2D eigenvalue weighted by Gasteiger charge is -1.99. The Kier molecular flexibility index (Phi) is 3.56. The van der Waals surface area contributed by atoms with Crippen LogP contribution in [0.1, 0.15) is 36.9 Å². The number of hydrogen-bond acceptors (Lipinski definition) is 7. The summed E-state index contributed by atoms with van der Waals surface area (Å²) in [7, 11) is 0. The third kappa shape index (κ3) is 2.94. The molecule has 0 aromatic carbocycles. The number of rotatable bonds is 4. The van der Waals surface area contributed by atoms with Crippen LogP contribution in [0.4, 0.5) is 0 Å². The Morgan fingerprint density at radius 2 is 2.11 bits per heavy atom. The van der Waals surface area contributed by atoms with Crippen molar-refractivity contribution in [3.05, 3.63) is 27.3 Å². The molecule has 19 heavy (non-hydrogen) atoms. The van der Waals surface area contributed by atoms with Gasteiger partial charge in [-0.3, -0.25) is 9.59 Å². The largest absolute Gasteiger partial charge is 0.361 e. The van der Waals surface area contributed by atoms with E-state index in [0.717, 1.165) is 5.01 Å². The lowest BCUT2D eigenvalue weighted by molar-refractivity contribution is 0.0946. The highest BCUT2D eigenvalue weighted by atomic mass is 32.1. The molecule has 0 aliphatic carbocycles. The highest BCUT2D eigenvalue weighted by Crippen LogP contribution is 2.16. The SMILES string of the molecule is Cc1nc(C)c(C(=O)NCc2noc(C(N)=O)n2)s1. The van der Waals surface area contributed by atoms with E-state index in [1.807, 2.05) is 6.92 Å². The van der Waals surface area contributed by atoms with Crippen LogP contribution >= 0.6 is 11.3 Å². The summed E-state index contributed by atoms with van der Waals surface area (Å²) in [6.07, 6.45) is 0. The van der Waals surface area contributed by atoms with Crippen molar-refractivity contribution in [2.75, 3.05) is 0 Å². The standard InChI is InChI=1S/C10H11N5O3S/c1-4-7(19-5(2)13-4)9(17)12-3-6-14-10(8(11)16)18-15-6/h3H2,1-2H3,(H2,11,16)(H,12,17). The van der Waals surface area contributed by atoms with Crippen LogP contribution in [-0.4, -0.2) is 26.9 Å². The lowest BCUT2D eigenvalue weighted by Crippen LogP contribution is -2.23. The van der Waals surface area contributed by atoms with Crippen molar-refractivity contribution < 1.29 is 14.1 Å². The van der Waals surface area contributed by atoms with Crippen LogP contribution in [0.15, 0.2) is 4.52 Å². The molecule has 0 bridgehead atoms. The Balaban J connectivity index is 2.00. The minimum Gasteiger partial charge on any atom is -0.361 e. The molecule has 100 valence electrons. The van der Waals surface area contributed by atoms with Crippen molar-refractivity contribution in [2.24, 2.45) is 5.73 Å². The summed E-state index contributed by atoms with van der Waals surface area (Å²) in [5.41, 5.74) is 5.64. The maximum absolute atomic E-state index is 11.9. The molecule has 0 fully saturated rings. The van der Waals surface area contributed by atoms with E-state index in [1.54, 1.807) is 6.92 Å². The van der Waals surface area contributed by atoms with E-state index in [1.165, 1.54) is 11.3 Å². The number of hydrogen-bond donors (Lipinski definition) is 2. The zero-order valence-electron chi connectivity index (χ0n) is 10.3. The maximum Gasteiger partial charge on any atom is 0.315 e. The number of carbonyl (C=O) groups is 2. The van der Waals surface area contributed by atoms with Gasteiger partial charge in [0.05, 0.1) is 17.2 Å². The molecule has 0 saturated heterocycles. The minimum absolute atomic E-state index is 0.0476. The van der Waals surface area contributed by atoms with Gasteiger partial charge in [-0.15, -0.1) is 11.3 Å². The van der Waals surface area contributed by atoms with Crippen LogP contribution in [0.5, 0.6) is 0 Å². The Hall–Kier alpha value is -2.29. The van der Waals surface area contributed by atoms with Crippen LogP contribution in [0.25, 0.3) is 0 Å². The first-order valence-corrected chi connectivity index (χ1v) is 6.13. The highest BCUT2D eigenvalue weighted by molar-refractivity contribution is 7.13. The Labute approximate surface area is 112 Å². The molecular weight excluding hydrogens is 270 g/mol. The van der Waals surface area contributed by atoms with Gasteiger partial charge in [-0.1, -0.05) is 5.16 Å². The molecule has 2 amide bonds. The lowest BCUT2D eigenvalue weighted by atomic mass is 10.3. The third-order valence-corrected chi connectivity index (χ3v) is 3.27. The summed E-state index contributed by atoms with van der Waals surface area (Å²) >= 11 is 1.31. The molecule has 0 unspecified atom stereocenters. The van der Waals surface area contributed by atoms with Gasteiger partial charge in [-0.25, -0.2) is 4.98 Å². The van der Waals surface area contributed by atoms with E-state index in [2.05, 4.69) is 25.0 Å². The van der Waals surface area contributed by atoms with Crippen LogP contribution in [-0.2, 0) is 6.54 Å². The zero-order chi connectivity index (χ0) is 14.0. The molecule has 0 radical (unpaired) electrons. The first-order chi connectivity index (χ1) is 8.97. The second-order valence-electron chi connectivity index (χ2n) is 3.71. The van der Waals surface area contributed by atoms with Gasteiger partial charge in [0.2, 0.25) is 0 Å². The summed E-state index contributed by atoms with van der Waals surface area (Å²) in [6, 6.07) is 0. The van der Waals surface area contributed by atoms with Crippen molar-refractivity contribution in [3.8, 4) is 0 Å². The monoisotopic (exact) mass is 281 g/mol. The average molecular weight is 281 g/mol. The molecule has 2 aromatic rings. The van der Waals surface area contributed by atoms with Gasteiger partial charge >= 0.3 is 11.8 Å². The molecule has 2 aromatic heterocycles. The predicted octanol–water partition coefficient (Wildman–Crippen LogP) is 0.172. The minimum atomic E-state index is -0.806. The van der Waals surface area contributed by atoms with Crippen molar-refractivity contribution in [1.29, 1.82) is 0 Å². The molecule has 2 heterocycles. The third-order valence-electron chi connectivity index (χ3n) is 2.20. The number of primary amides is 1. The fourth-order valence-corrected chi connectivity index (χ4v) is 2.24. The fraction of sp³-hybridized carbons (Fsp3) is 0.300. The Morgan fingerprint density at radius 1 is 1.37 bits per heavy atom. The number of aromatic nitrogens is 3. The first-order valence-electron chi connectivity index (χ1n) is 5.32. The summed E-state index contributed by atoms with van der Waals surface area (Å²) in [4.78, 5) is 31.1. The Bertz CT molecular complexity index is 633. The number of thiazole rings is 1. The number of amides is 2. The van der Waals surface area contributed by atoms with Crippen molar-refractivity contribution >= 4 is 23.2 Å². The second-order valence-corrected chi connectivity index (χ2v) is 4.91. The van der Waals surface area contributed by atoms with Crippen molar-refractivity contribution in [1.82, 2.24) is 20.4 Å². The molecule has 0 saturated carbocycles. The van der Waals surface area contributed by atoms with E-state index in [9.17, 15) is 9.59 Å². The molecule has 2 rings (SSSR count). The predicted molar refractivity (Wildman–Crippen MR) is 65.6 cm³/mol. The number of nitrogens with zero attached hydrogens (tertiary/aromatic N) is 3. The number of aryl methyl sites for hydroxylation is 2. The molecule has 0 aliphatic heterocycles. The van der Waals surface area contributed by atoms with Gasteiger partial charge in [0.15, 0.2) is 5.82 Å². The fourth-order valence-electron chi connectivity index (χ4n) is 1.41. The van der Waals surface area contributed by atoms with Crippen LogP contribution in [0, 0.1) is 13.8 Å². The van der Waals surface area contributed by atoms with Gasteiger partial charge < -0.3 is 15.6 Å². The molecule has 0 aliphatic rings. The number of nitrogens with one attached hydrogen (secondary N) is 1. The van der Waals surface area contributed by atoms with E-state index in [0.29, 0.717) is 10.6 Å². The first kappa shape index (κ1) is 13.1. The van der Waals surface area contributed by atoms with Crippen molar-refractivity contribution in [2.45, 2.75) is 20.4 Å². The molecule has 3 N–H and O–H groups in total. The highest BCUT2D eigenvalue weighted by Gasteiger charge is 2.15. The van der Waals surface area contributed by atoms with Gasteiger partial charge in [0.25, 0.3) is 5.91 Å². The summed E-state index contributed by atoms with van der Waals surface area (Å²) in [6.45, 7) is 3.64. The summed E-state index contributed by atoms with van der Waals surface area (Å²) in [5.74, 6) is -1.18. The van der Waals surface area contributed by atoms with Crippen LogP contribution in [0.3, 0.4) is 0 Å². The molecule has 0 spiro atoms. The zero-order valence-corrected chi connectivity index (χ0v) is 11.1. The van der Waals surface area contributed by atoms with Gasteiger partial charge in [0.1, 0.15) is 4.88 Å².